The predicted molar refractivity (Wildman–Crippen MR) is 103 cm³/mol. The summed E-state index contributed by atoms with van der Waals surface area (Å²) >= 11 is 0. The number of rotatable bonds is 7. The third kappa shape index (κ3) is 6.46. The Kier molecular flexibility index (Phi) is 8.05. The number of amides is 1. The van der Waals surface area contributed by atoms with Crippen molar-refractivity contribution < 1.29 is 14.3 Å². The molecule has 26 heavy (non-hydrogen) atoms. The molecule has 2 rings (SSSR count). The second kappa shape index (κ2) is 10.5. The van der Waals surface area contributed by atoms with E-state index in [0.29, 0.717) is 38.8 Å². The van der Waals surface area contributed by atoms with Crippen molar-refractivity contribution >= 4 is 12.1 Å². The molecule has 1 saturated heterocycles. The van der Waals surface area contributed by atoms with Crippen LogP contribution in [0.5, 0.6) is 5.75 Å². The van der Waals surface area contributed by atoms with Gasteiger partial charge < -0.3 is 25.4 Å². The number of nitrogens with one attached hydrogen (secondary N) is 1. The molecule has 0 atom stereocenters. The normalized spacial score (nSPS) is 15.6. The van der Waals surface area contributed by atoms with Crippen molar-refractivity contribution in [1.29, 1.82) is 0 Å². The summed E-state index contributed by atoms with van der Waals surface area (Å²) in [4.78, 5) is 17.8. The third-order valence-electron chi connectivity index (χ3n) is 4.31. The Hall–Kier alpha value is -2.44. The second-order valence-corrected chi connectivity index (χ2v) is 6.34. The fourth-order valence-corrected chi connectivity index (χ4v) is 2.84. The fourth-order valence-electron chi connectivity index (χ4n) is 2.84. The number of ether oxygens (including phenoxy) is 2. The zero-order chi connectivity index (χ0) is 18.8. The molecule has 1 aromatic rings. The molecule has 0 aliphatic carbocycles. The molecule has 0 bridgehead atoms. The van der Waals surface area contributed by atoms with E-state index in [-0.39, 0.29) is 12.1 Å². The van der Waals surface area contributed by atoms with Gasteiger partial charge in [0, 0.05) is 32.1 Å². The van der Waals surface area contributed by atoms with Crippen LogP contribution in [-0.4, -0.2) is 55.8 Å². The number of carbonyl (C=O) groups is 1. The van der Waals surface area contributed by atoms with Crippen LogP contribution in [0.25, 0.3) is 0 Å². The van der Waals surface area contributed by atoms with Gasteiger partial charge in [0.2, 0.25) is 0 Å². The summed E-state index contributed by atoms with van der Waals surface area (Å²) < 4.78 is 10.8. The molecule has 144 valence electrons. The quantitative estimate of drug-likeness (QED) is 0.441. The van der Waals surface area contributed by atoms with Gasteiger partial charge in [0.05, 0.1) is 13.2 Å². The van der Waals surface area contributed by atoms with E-state index in [2.05, 4.69) is 10.3 Å². The van der Waals surface area contributed by atoms with Crippen LogP contribution in [0.2, 0.25) is 0 Å². The second-order valence-electron chi connectivity index (χ2n) is 6.34. The Labute approximate surface area is 155 Å². The van der Waals surface area contributed by atoms with E-state index in [1.54, 1.807) is 4.90 Å². The van der Waals surface area contributed by atoms with Gasteiger partial charge in [0.25, 0.3) is 0 Å². The summed E-state index contributed by atoms with van der Waals surface area (Å²) in [5.74, 6) is 1.37. The minimum absolute atomic E-state index is 0.235. The summed E-state index contributed by atoms with van der Waals surface area (Å²) in [5, 5.41) is 3.24. The molecule has 1 aromatic carbocycles. The van der Waals surface area contributed by atoms with Crippen LogP contribution in [0.15, 0.2) is 29.3 Å². The van der Waals surface area contributed by atoms with Gasteiger partial charge in [0.1, 0.15) is 5.75 Å². The molecular formula is C19H30N4O3. The lowest BCUT2D eigenvalue weighted by Gasteiger charge is -2.31. The highest BCUT2D eigenvalue weighted by Crippen LogP contribution is 2.16. The van der Waals surface area contributed by atoms with Crippen molar-refractivity contribution in [2.45, 2.75) is 39.2 Å². The number of likely N-dealkylation sites (tertiary alicyclic amines) is 1. The molecule has 1 amide bonds. The summed E-state index contributed by atoms with van der Waals surface area (Å²) in [6, 6.07) is 8.21. The van der Waals surface area contributed by atoms with Crippen molar-refractivity contribution in [1.82, 2.24) is 10.2 Å². The van der Waals surface area contributed by atoms with Crippen LogP contribution in [0.4, 0.5) is 4.79 Å². The van der Waals surface area contributed by atoms with Gasteiger partial charge >= 0.3 is 6.09 Å². The highest BCUT2D eigenvalue weighted by atomic mass is 16.6. The molecular weight excluding hydrogens is 332 g/mol. The van der Waals surface area contributed by atoms with Gasteiger partial charge in [-0.2, -0.15) is 0 Å². The molecule has 1 heterocycles. The monoisotopic (exact) mass is 362 g/mol. The topological polar surface area (TPSA) is 89.2 Å². The number of aliphatic imine (C=N–C) groups is 1. The summed E-state index contributed by atoms with van der Waals surface area (Å²) in [7, 11) is 0. The number of piperidine rings is 1. The zero-order valence-corrected chi connectivity index (χ0v) is 15.7. The Balaban J connectivity index is 1.61. The highest BCUT2D eigenvalue weighted by Gasteiger charge is 2.23. The lowest BCUT2D eigenvalue weighted by molar-refractivity contribution is 0.0963. The molecule has 0 spiro atoms. The van der Waals surface area contributed by atoms with Gasteiger partial charge in [-0.1, -0.05) is 18.2 Å². The van der Waals surface area contributed by atoms with E-state index in [1.807, 2.05) is 38.1 Å². The number of benzene rings is 1. The van der Waals surface area contributed by atoms with Crippen molar-refractivity contribution in [2.75, 3.05) is 32.8 Å². The fraction of sp³-hybridized carbons (Fsp3) is 0.579. The molecule has 1 aliphatic heterocycles. The van der Waals surface area contributed by atoms with Gasteiger partial charge in [-0.3, -0.25) is 4.99 Å². The molecule has 0 saturated carbocycles. The number of aryl methyl sites for hydroxylation is 1. The van der Waals surface area contributed by atoms with Crippen molar-refractivity contribution in [3.8, 4) is 5.75 Å². The van der Waals surface area contributed by atoms with E-state index < -0.39 is 0 Å². The molecule has 3 N–H and O–H groups in total. The third-order valence-corrected chi connectivity index (χ3v) is 4.31. The molecule has 1 aliphatic rings. The van der Waals surface area contributed by atoms with Gasteiger partial charge in [-0.25, -0.2) is 4.79 Å². The van der Waals surface area contributed by atoms with Crippen molar-refractivity contribution in [3.63, 3.8) is 0 Å². The first-order valence-electron chi connectivity index (χ1n) is 9.26. The first kappa shape index (κ1) is 19.9. The van der Waals surface area contributed by atoms with Gasteiger partial charge in [0.15, 0.2) is 5.96 Å². The first-order valence-corrected chi connectivity index (χ1v) is 9.26. The van der Waals surface area contributed by atoms with Crippen LogP contribution < -0.4 is 15.8 Å². The van der Waals surface area contributed by atoms with Gasteiger partial charge in [-0.15, -0.1) is 0 Å². The van der Waals surface area contributed by atoms with E-state index in [0.717, 1.165) is 30.6 Å². The number of para-hydroxylation sites is 1. The first-order chi connectivity index (χ1) is 12.6. The lowest BCUT2D eigenvalue weighted by Crippen LogP contribution is -2.48. The number of nitrogens with two attached hydrogens (primary N) is 1. The van der Waals surface area contributed by atoms with Crippen LogP contribution in [-0.2, 0) is 4.74 Å². The molecule has 0 unspecified atom stereocenters. The Morgan fingerprint density at radius 2 is 2.08 bits per heavy atom. The molecule has 7 heteroatoms. The Bertz CT molecular complexity index is 598. The summed E-state index contributed by atoms with van der Waals surface area (Å²) in [6.07, 6.45) is 2.25. The molecule has 0 aromatic heterocycles. The minimum Gasteiger partial charge on any atom is -0.493 e. The Morgan fingerprint density at radius 1 is 1.35 bits per heavy atom. The standard InChI is InChI=1S/C19H30N4O3/c1-3-25-19(24)23-12-9-16(10-13-23)22-18(20)21-11-6-14-26-17-8-5-4-7-15(17)2/h4-5,7-8,16H,3,6,9-14H2,1-2H3,(H3,20,21,22). The zero-order valence-electron chi connectivity index (χ0n) is 15.7. The molecule has 1 fully saturated rings. The smallest absolute Gasteiger partial charge is 0.409 e. The number of carbonyl (C=O) groups excluding carboxylic acids is 1. The van der Waals surface area contributed by atoms with Crippen LogP contribution in [0.3, 0.4) is 0 Å². The largest absolute Gasteiger partial charge is 0.493 e. The maximum atomic E-state index is 11.7. The van der Waals surface area contributed by atoms with Crippen molar-refractivity contribution in [2.24, 2.45) is 10.7 Å². The highest BCUT2D eigenvalue weighted by molar-refractivity contribution is 5.78. The maximum Gasteiger partial charge on any atom is 0.409 e. The van der Waals surface area contributed by atoms with Crippen LogP contribution in [0, 0.1) is 6.92 Å². The van der Waals surface area contributed by atoms with E-state index in [1.165, 1.54) is 0 Å². The average molecular weight is 362 g/mol. The molecule has 7 nitrogen and oxygen atoms in total. The number of nitrogens with zero attached hydrogens (tertiary/aromatic N) is 2. The van der Waals surface area contributed by atoms with E-state index >= 15 is 0 Å². The number of guanidine groups is 1. The average Bonchev–Trinajstić information content (AvgIpc) is 2.63. The van der Waals surface area contributed by atoms with E-state index in [4.69, 9.17) is 15.2 Å². The summed E-state index contributed by atoms with van der Waals surface area (Å²) in [5.41, 5.74) is 7.09. The van der Waals surface area contributed by atoms with E-state index in [9.17, 15) is 4.79 Å². The number of hydrogen-bond donors (Lipinski definition) is 2. The number of hydrogen-bond acceptors (Lipinski definition) is 4. The summed E-state index contributed by atoms with van der Waals surface area (Å²) in [6.45, 7) is 6.83. The van der Waals surface area contributed by atoms with Crippen molar-refractivity contribution in [3.05, 3.63) is 29.8 Å². The minimum atomic E-state index is -0.235. The van der Waals surface area contributed by atoms with Crippen LogP contribution in [0.1, 0.15) is 31.7 Å². The van der Waals surface area contributed by atoms with Crippen LogP contribution >= 0.6 is 0 Å². The van der Waals surface area contributed by atoms with Gasteiger partial charge in [-0.05, 0) is 38.3 Å². The molecule has 0 radical (unpaired) electrons. The lowest BCUT2D eigenvalue weighted by atomic mass is 10.1. The maximum absolute atomic E-state index is 11.7. The Morgan fingerprint density at radius 3 is 2.77 bits per heavy atom. The SMILES string of the molecule is CCOC(=O)N1CCC(NC(N)=NCCCOc2ccccc2C)CC1. The predicted octanol–water partition coefficient (Wildman–Crippen LogP) is 2.29.